The number of aliphatic imine (C=N–C) groups is 1. The Balaban J connectivity index is 1.87. The maximum Gasteiger partial charge on any atom is 0.219 e. The maximum absolute atomic E-state index is 15.0. The maximum atomic E-state index is 15.0. The summed E-state index contributed by atoms with van der Waals surface area (Å²) in [4.78, 5) is 8.70. The molecule has 0 spiro atoms. The molecule has 0 saturated carbocycles. The van der Waals surface area contributed by atoms with Crippen LogP contribution in [0.5, 0.6) is 17.4 Å². The highest BCUT2D eigenvalue weighted by Gasteiger charge is 2.21. The van der Waals surface area contributed by atoms with Crippen LogP contribution in [0.3, 0.4) is 0 Å². The molecule has 1 unspecified atom stereocenters. The average molecular weight is 389 g/mol. The minimum Gasteiger partial charge on any atom is -0.496 e. The quantitative estimate of drug-likeness (QED) is 0.604. The topological polar surface area (TPSA) is 69.7 Å². The Morgan fingerprint density at radius 2 is 1.90 bits per heavy atom. The molecule has 0 aliphatic carbocycles. The Morgan fingerprint density at radius 3 is 2.62 bits per heavy atom. The van der Waals surface area contributed by atoms with Crippen molar-refractivity contribution in [3.05, 3.63) is 77.8 Å². The molecule has 0 bridgehead atoms. The van der Waals surface area contributed by atoms with Crippen LogP contribution in [0.25, 0.3) is 11.1 Å². The van der Waals surface area contributed by atoms with Crippen molar-refractivity contribution in [3.8, 4) is 28.5 Å². The number of hydrogen-bond acceptors (Lipinski definition) is 5. The SMILES string of the molecule is COc1cc(N)ccc1-c1cc(Oc2cccc(C)n2)c(F)cc1C1C=CC=N1. The van der Waals surface area contributed by atoms with Crippen LogP contribution >= 0.6 is 0 Å². The molecule has 1 aromatic heterocycles. The van der Waals surface area contributed by atoms with Crippen LogP contribution in [-0.4, -0.2) is 18.3 Å². The molecule has 2 N–H and O–H groups in total. The van der Waals surface area contributed by atoms with Gasteiger partial charge >= 0.3 is 0 Å². The fourth-order valence-electron chi connectivity index (χ4n) is 3.27. The largest absolute Gasteiger partial charge is 0.496 e. The number of hydrogen-bond donors (Lipinski definition) is 1. The summed E-state index contributed by atoms with van der Waals surface area (Å²) >= 11 is 0. The van der Waals surface area contributed by atoms with Crippen LogP contribution in [0, 0.1) is 12.7 Å². The van der Waals surface area contributed by atoms with Crippen molar-refractivity contribution in [2.24, 2.45) is 4.99 Å². The summed E-state index contributed by atoms with van der Waals surface area (Å²) in [6, 6.07) is 13.5. The Hall–Kier alpha value is -3.67. The van der Waals surface area contributed by atoms with Crippen LogP contribution < -0.4 is 15.2 Å². The highest BCUT2D eigenvalue weighted by Crippen LogP contribution is 2.41. The van der Waals surface area contributed by atoms with Gasteiger partial charge in [0.1, 0.15) is 5.75 Å². The average Bonchev–Trinajstić information content (AvgIpc) is 3.24. The van der Waals surface area contributed by atoms with Gasteiger partial charge in [0, 0.05) is 35.3 Å². The molecule has 1 aliphatic rings. The van der Waals surface area contributed by atoms with Gasteiger partial charge < -0.3 is 15.2 Å². The fraction of sp³-hybridized carbons (Fsp3) is 0.130. The normalized spacial score (nSPS) is 14.9. The second-order valence-corrected chi connectivity index (χ2v) is 6.68. The van der Waals surface area contributed by atoms with Gasteiger partial charge in [-0.25, -0.2) is 9.37 Å². The third-order valence-corrected chi connectivity index (χ3v) is 4.64. The van der Waals surface area contributed by atoms with E-state index in [0.717, 1.165) is 16.8 Å². The highest BCUT2D eigenvalue weighted by atomic mass is 19.1. The van der Waals surface area contributed by atoms with Crippen LogP contribution in [0.2, 0.25) is 0 Å². The molecule has 0 amide bonds. The van der Waals surface area contributed by atoms with Crippen molar-refractivity contribution >= 4 is 11.9 Å². The number of rotatable bonds is 5. The molecule has 0 saturated heterocycles. The number of pyridine rings is 1. The van der Waals surface area contributed by atoms with E-state index in [4.69, 9.17) is 15.2 Å². The second kappa shape index (κ2) is 7.75. The number of benzene rings is 2. The van der Waals surface area contributed by atoms with Crippen molar-refractivity contribution in [3.63, 3.8) is 0 Å². The Kier molecular flexibility index (Phi) is 4.99. The van der Waals surface area contributed by atoms with Crippen molar-refractivity contribution in [2.75, 3.05) is 12.8 Å². The summed E-state index contributed by atoms with van der Waals surface area (Å²) < 4.78 is 26.2. The number of nitrogen functional groups attached to an aromatic ring is 1. The summed E-state index contributed by atoms with van der Waals surface area (Å²) in [7, 11) is 1.57. The number of methoxy groups -OCH3 is 1. The molecule has 5 nitrogen and oxygen atoms in total. The Labute approximate surface area is 168 Å². The number of nitrogens with zero attached hydrogens (tertiary/aromatic N) is 2. The lowest BCUT2D eigenvalue weighted by atomic mass is 9.93. The first kappa shape index (κ1) is 18.7. The van der Waals surface area contributed by atoms with E-state index >= 15 is 0 Å². The van der Waals surface area contributed by atoms with Crippen LogP contribution in [0.15, 0.2) is 65.7 Å². The molecule has 1 aliphatic heterocycles. The predicted octanol–water partition coefficient (Wildman–Crippen LogP) is 5.26. The zero-order valence-corrected chi connectivity index (χ0v) is 16.1. The van der Waals surface area contributed by atoms with E-state index in [1.165, 1.54) is 6.07 Å². The summed E-state index contributed by atoms with van der Waals surface area (Å²) in [5.41, 5.74) is 9.49. The first-order valence-electron chi connectivity index (χ1n) is 9.14. The molecule has 2 aromatic carbocycles. The van der Waals surface area contributed by atoms with Gasteiger partial charge in [-0.1, -0.05) is 12.1 Å². The molecular weight excluding hydrogens is 369 g/mol. The van der Waals surface area contributed by atoms with Crippen molar-refractivity contribution in [2.45, 2.75) is 13.0 Å². The zero-order chi connectivity index (χ0) is 20.4. The Bertz CT molecular complexity index is 1110. The van der Waals surface area contributed by atoms with Gasteiger partial charge in [0.05, 0.1) is 13.2 Å². The van der Waals surface area contributed by atoms with Gasteiger partial charge in [0.25, 0.3) is 0 Å². The predicted molar refractivity (Wildman–Crippen MR) is 112 cm³/mol. The number of anilines is 1. The first-order valence-corrected chi connectivity index (χ1v) is 9.14. The van der Waals surface area contributed by atoms with Gasteiger partial charge in [0.15, 0.2) is 11.6 Å². The molecule has 4 rings (SSSR count). The summed E-state index contributed by atoms with van der Waals surface area (Å²) in [5.74, 6) is 0.498. The molecule has 0 radical (unpaired) electrons. The van der Waals surface area contributed by atoms with E-state index < -0.39 is 5.82 Å². The van der Waals surface area contributed by atoms with Crippen LogP contribution in [-0.2, 0) is 0 Å². The van der Waals surface area contributed by atoms with E-state index in [0.29, 0.717) is 22.9 Å². The minimum atomic E-state index is -0.489. The minimum absolute atomic E-state index is 0.0756. The Morgan fingerprint density at radius 1 is 1.03 bits per heavy atom. The number of aromatic nitrogens is 1. The van der Waals surface area contributed by atoms with Crippen LogP contribution in [0.1, 0.15) is 17.3 Å². The third-order valence-electron chi connectivity index (χ3n) is 4.64. The first-order chi connectivity index (χ1) is 14.0. The summed E-state index contributed by atoms with van der Waals surface area (Å²) in [6.45, 7) is 1.85. The zero-order valence-electron chi connectivity index (χ0n) is 16.1. The van der Waals surface area contributed by atoms with Crippen molar-refractivity contribution in [1.82, 2.24) is 4.98 Å². The molecule has 146 valence electrons. The van der Waals surface area contributed by atoms with Crippen LogP contribution in [0.4, 0.5) is 10.1 Å². The van der Waals surface area contributed by atoms with Gasteiger partial charge in [-0.3, -0.25) is 4.99 Å². The van der Waals surface area contributed by atoms with Crippen molar-refractivity contribution in [1.29, 1.82) is 0 Å². The number of nitrogens with two attached hydrogens (primary N) is 1. The molecule has 3 aromatic rings. The molecule has 6 heteroatoms. The molecule has 29 heavy (non-hydrogen) atoms. The third kappa shape index (κ3) is 3.82. The standard InChI is InChI=1S/C23H20FN3O2/c1-14-5-3-7-23(27-14)29-22-13-17(16-9-8-15(25)11-21(16)28-2)18(12-19(22)24)20-6-4-10-26-20/h3-13,20H,25H2,1-2H3. The number of aryl methyl sites for hydroxylation is 1. The van der Waals surface area contributed by atoms with Gasteiger partial charge in [-0.05, 0) is 54.5 Å². The van der Waals surface area contributed by atoms with E-state index in [2.05, 4.69) is 9.98 Å². The summed E-state index contributed by atoms with van der Waals surface area (Å²) in [5, 5.41) is 0. The molecule has 2 heterocycles. The summed E-state index contributed by atoms with van der Waals surface area (Å²) in [6.07, 6.45) is 5.45. The van der Waals surface area contributed by atoms with Gasteiger partial charge in [-0.2, -0.15) is 0 Å². The highest BCUT2D eigenvalue weighted by molar-refractivity contribution is 5.80. The van der Waals surface area contributed by atoms with E-state index in [9.17, 15) is 4.39 Å². The molecule has 1 atom stereocenters. The number of ether oxygens (including phenoxy) is 2. The van der Waals surface area contributed by atoms with Crippen molar-refractivity contribution < 1.29 is 13.9 Å². The van der Waals surface area contributed by atoms with Gasteiger partial charge in [0.2, 0.25) is 5.88 Å². The van der Waals surface area contributed by atoms with E-state index in [1.807, 2.05) is 37.3 Å². The monoisotopic (exact) mass is 389 g/mol. The van der Waals surface area contributed by atoms with E-state index in [-0.39, 0.29) is 11.8 Å². The fourth-order valence-corrected chi connectivity index (χ4v) is 3.27. The second-order valence-electron chi connectivity index (χ2n) is 6.68. The lowest BCUT2D eigenvalue weighted by molar-refractivity contribution is 0.416. The van der Waals surface area contributed by atoms with Gasteiger partial charge in [-0.15, -0.1) is 0 Å². The molecule has 0 fully saturated rings. The smallest absolute Gasteiger partial charge is 0.219 e. The lowest BCUT2D eigenvalue weighted by Gasteiger charge is -2.18. The number of halogens is 1. The number of allylic oxidation sites excluding steroid dienone is 1. The lowest BCUT2D eigenvalue weighted by Crippen LogP contribution is -2.00. The van der Waals surface area contributed by atoms with E-state index in [1.54, 1.807) is 37.6 Å². The molecular formula is C23H20FN3O2.